The number of halogens is 2. The average Bonchev–Trinajstić information content (AvgIpc) is 2.14. The number of rotatable bonds is 1. The fourth-order valence-corrected chi connectivity index (χ4v) is 1.60. The Morgan fingerprint density at radius 1 is 1.78 bits per heavy atom. The highest BCUT2D eigenvalue weighted by Gasteiger charge is 1.92. The summed E-state index contributed by atoms with van der Waals surface area (Å²) in [5.74, 6) is 0. The molecule has 1 aromatic rings. The fraction of sp³-hybridized carbons (Fsp3) is 0.400. The molecule has 0 unspecified atom stereocenters. The first-order valence-corrected chi connectivity index (χ1v) is 4.24. The monoisotopic (exact) mass is 271 g/mol. The van der Waals surface area contributed by atoms with Gasteiger partial charge in [0, 0.05) is 16.4 Å². The van der Waals surface area contributed by atoms with E-state index >= 15 is 0 Å². The number of hydrogen-bond donors (Lipinski definition) is 0. The third-order valence-electron chi connectivity index (χ3n) is 0.801. The maximum absolute atomic E-state index is 4.08. The predicted molar refractivity (Wildman–Crippen MR) is 49.8 cm³/mol. The van der Waals surface area contributed by atoms with Crippen molar-refractivity contribution in [3.63, 3.8) is 0 Å². The van der Waals surface area contributed by atoms with Crippen LogP contribution in [0.25, 0.3) is 0 Å². The van der Waals surface area contributed by atoms with Gasteiger partial charge in [-0.15, -0.1) is 28.3 Å². The summed E-state index contributed by atoms with van der Waals surface area (Å²) < 4.78 is 0. The van der Waals surface area contributed by atoms with Crippen LogP contribution in [0.3, 0.4) is 0 Å². The Balaban J connectivity index is 0.000000640. The van der Waals surface area contributed by atoms with E-state index in [9.17, 15) is 0 Å². The molecule has 1 heterocycles. The van der Waals surface area contributed by atoms with Gasteiger partial charge in [-0.05, 0) is 6.92 Å². The minimum atomic E-state index is 0. The number of thiazole rings is 1. The highest BCUT2D eigenvalue weighted by molar-refractivity contribution is 9.08. The van der Waals surface area contributed by atoms with Crippen molar-refractivity contribution in [3.05, 3.63) is 16.1 Å². The van der Waals surface area contributed by atoms with Crippen molar-refractivity contribution in [1.29, 1.82) is 0 Å². The Hall–Kier alpha value is 0.590. The molecule has 0 spiro atoms. The fourth-order valence-electron chi connectivity index (χ4n) is 0.467. The molecule has 1 aromatic heterocycles. The van der Waals surface area contributed by atoms with Crippen molar-refractivity contribution in [2.75, 3.05) is 0 Å². The molecule has 0 aliphatic heterocycles. The first kappa shape index (κ1) is 9.59. The van der Waals surface area contributed by atoms with Gasteiger partial charge in [-0.3, -0.25) is 0 Å². The van der Waals surface area contributed by atoms with E-state index in [4.69, 9.17) is 0 Å². The first-order chi connectivity index (χ1) is 3.83. The zero-order valence-corrected chi connectivity index (χ0v) is 9.04. The largest absolute Gasteiger partial charge is 0.250 e. The van der Waals surface area contributed by atoms with E-state index in [1.807, 2.05) is 13.1 Å². The molecule has 0 aliphatic rings. The van der Waals surface area contributed by atoms with E-state index in [2.05, 4.69) is 20.9 Å². The van der Waals surface area contributed by atoms with Gasteiger partial charge in [-0.1, -0.05) is 15.9 Å². The van der Waals surface area contributed by atoms with Crippen LogP contribution in [-0.4, -0.2) is 4.98 Å². The molecule has 0 bridgehead atoms. The van der Waals surface area contributed by atoms with Gasteiger partial charge in [-0.25, -0.2) is 4.98 Å². The van der Waals surface area contributed by atoms with Crippen LogP contribution in [0.5, 0.6) is 0 Å². The molecule has 0 aliphatic carbocycles. The van der Waals surface area contributed by atoms with Crippen molar-refractivity contribution in [3.8, 4) is 0 Å². The second-order valence-corrected chi connectivity index (χ2v) is 3.36. The minimum Gasteiger partial charge on any atom is -0.250 e. The smallest absolute Gasteiger partial charge is 0.0897 e. The Kier molecular flexibility index (Phi) is 4.70. The van der Waals surface area contributed by atoms with Gasteiger partial charge in [0.25, 0.3) is 0 Å². The number of hydrogen-bond acceptors (Lipinski definition) is 2. The van der Waals surface area contributed by atoms with Crippen LogP contribution < -0.4 is 0 Å². The van der Waals surface area contributed by atoms with Crippen molar-refractivity contribution in [1.82, 2.24) is 4.98 Å². The van der Waals surface area contributed by atoms with Crippen molar-refractivity contribution in [2.24, 2.45) is 0 Å². The molecule has 0 N–H and O–H groups in total. The summed E-state index contributed by atoms with van der Waals surface area (Å²) in [4.78, 5) is 5.37. The molecule has 0 saturated carbocycles. The molecule has 0 fully saturated rings. The minimum absolute atomic E-state index is 0. The van der Waals surface area contributed by atoms with Crippen molar-refractivity contribution < 1.29 is 0 Å². The lowest BCUT2D eigenvalue weighted by Gasteiger charge is -1.76. The highest BCUT2D eigenvalue weighted by Crippen LogP contribution is 2.13. The summed E-state index contributed by atoms with van der Waals surface area (Å²) >= 11 is 5.07. The van der Waals surface area contributed by atoms with Gasteiger partial charge in [0.15, 0.2) is 0 Å². The zero-order valence-electron chi connectivity index (χ0n) is 4.93. The van der Waals surface area contributed by atoms with Crippen molar-refractivity contribution in [2.45, 2.75) is 12.3 Å². The zero-order chi connectivity index (χ0) is 5.98. The van der Waals surface area contributed by atoms with Gasteiger partial charge in [0.1, 0.15) is 0 Å². The Bertz CT molecular complexity index is 175. The first-order valence-electron chi connectivity index (χ1n) is 2.30. The van der Waals surface area contributed by atoms with E-state index < -0.39 is 0 Å². The standard InChI is InChI=1S/C5H6BrNS.BrH/c1-4-7-3-5(2-6)8-4;/h3H,2H2,1H3;1H. The maximum atomic E-state index is 4.08. The van der Waals surface area contributed by atoms with Crippen LogP contribution in [0.2, 0.25) is 0 Å². The van der Waals surface area contributed by atoms with Gasteiger partial charge in [-0.2, -0.15) is 0 Å². The third-order valence-corrected chi connectivity index (χ3v) is 2.69. The Morgan fingerprint density at radius 3 is 2.67 bits per heavy atom. The van der Waals surface area contributed by atoms with Gasteiger partial charge in [0.2, 0.25) is 0 Å². The molecule has 52 valence electrons. The van der Waals surface area contributed by atoms with E-state index in [0.717, 1.165) is 10.3 Å². The molecule has 4 heteroatoms. The molecule has 9 heavy (non-hydrogen) atoms. The summed E-state index contributed by atoms with van der Waals surface area (Å²) in [6.07, 6.45) is 1.90. The maximum Gasteiger partial charge on any atom is 0.0897 e. The van der Waals surface area contributed by atoms with Crippen LogP contribution >= 0.6 is 44.2 Å². The molecule has 0 aromatic carbocycles. The predicted octanol–water partition coefficient (Wildman–Crippen LogP) is 2.92. The normalized spacial score (nSPS) is 8.67. The van der Waals surface area contributed by atoms with Gasteiger partial charge in [0.05, 0.1) is 5.01 Å². The van der Waals surface area contributed by atoms with E-state index in [1.54, 1.807) is 11.3 Å². The van der Waals surface area contributed by atoms with Crippen LogP contribution in [-0.2, 0) is 5.33 Å². The van der Waals surface area contributed by atoms with Crippen LogP contribution in [0.1, 0.15) is 9.88 Å². The van der Waals surface area contributed by atoms with Gasteiger partial charge >= 0.3 is 0 Å². The molecule has 0 saturated heterocycles. The lowest BCUT2D eigenvalue weighted by molar-refractivity contribution is 1.28. The molecule has 1 nitrogen and oxygen atoms in total. The quantitative estimate of drug-likeness (QED) is 0.717. The summed E-state index contributed by atoms with van der Waals surface area (Å²) in [5.41, 5.74) is 0. The Labute approximate surface area is 77.4 Å². The summed E-state index contributed by atoms with van der Waals surface area (Å²) in [5, 5.41) is 2.07. The van der Waals surface area contributed by atoms with Crippen molar-refractivity contribution >= 4 is 44.2 Å². The number of aromatic nitrogens is 1. The van der Waals surface area contributed by atoms with Crippen LogP contribution in [0, 0.1) is 6.92 Å². The van der Waals surface area contributed by atoms with E-state index in [1.165, 1.54) is 4.88 Å². The summed E-state index contributed by atoms with van der Waals surface area (Å²) in [6.45, 7) is 2.01. The number of nitrogens with zero attached hydrogens (tertiary/aromatic N) is 1. The molecule has 1 rings (SSSR count). The van der Waals surface area contributed by atoms with E-state index in [-0.39, 0.29) is 17.0 Å². The number of aryl methyl sites for hydroxylation is 1. The molecular formula is C5H7Br2NS. The topological polar surface area (TPSA) is 12.9 Å². The second kappa shape index (κ2) is 4.41. The van der Waals surface area contributed by atoms with Crippen LogP contribution in [0.15, 0.2) is 6.20 Å². The lowest BCUT2D eigenvalue weighted by atomic mass is 10.6. The molecule has 0 radical (unpaired) electrons. The summed E-state index contributed by atoms with van der Waals surface area (Å²) in [6, 6.07) is 0. The molecular weight excluding hydrogens is 266 g/mol. The van der Waals surface area contributed by atoms with Crippen LogP contribution in [0.4, 0.5) is 0 Å². The SMILES string of the molecule is Br.Cc1ncc(CBr)s1. The molecule has 0 amide bonds. The average molecular weight is 273 g/mol. The Morgan fingerprint density at radius 2 is 2.44 bits per heavy atom. The highest BCUT2D eigenvalue weighted by atomic mass is 79.9. The third kappa shape index (κ3) is 2.78. The second-order valence-electron chi connectivity index (χ2n) is 1.48. The van der Waals surface area contributed by atoms with Gasteiger partial charge < -0.3 is 0 Å². The lowest BCUT2D eigenvalue weighted by Crippen LogP contribution is -1.60. The molecule has 0 atom stereocenters. The summed E-state index contributed by atoms with van der Waals surface area (Å²) in [7, 11) is 0. The van der Waals surface area contributed by atoms with E-state index in [0.29, 0.717) is 0 Å². The number of alkyl halides is 1.